The van der Waals surface area contributed by atoms with Crippen molar-refractivity contribution in [1.82, 2.24) is 0 Å². The van der Waals surface area contributed by atoms with Crippen molar-refractivity contribution in [3.05, 3.63) is 11.8 Å². The summed E-state index contributed by atoms with van der Waals surface area (Å²) in [5.74, 6) is 2.57. The van der Waals surface area contributed by atoms with E-state index in [0.29, 0.717) is 23.9 Å². The summed E-state index contributed by atoms with van der Waals surface area (Å²) >= 11 is 0. The van der Waals surface area contributed by atoms with Crippen LogP contribution in [0.4, 0.5) is 0 Å². The maximum Gasteiger partial charge on any atom is 0.164 e. The van der Waals surface area contributed by atoms with Crippen molar-refractivity contribution >= 4 is 8.07 Å². The Morgan fingerprint density at radius 3 is 2.45 bits per heavy atom. The van der Waals surface area contributed by atoms with Crippen molar-refractivity contribution in [2.75, 3.05) is 6.61 Å². The van der Waals surface area contributed by atoms with Crippen molar-refractivity contribution in [2.45, 2.75) is 78.5 Å². The molecule has 1 aliphatic carbocycles. The zero-order chi connectivity index (χ0) is 16.5. The fraction of sp³-hybridized carbons (Fsp3) is 0.895. The molecule has 0 aromatic carbocycles. The molecule has 1 saturated carbocycles. The van der Waals surface area contributed by atoms with Gasteiger partial charge in [-0.1, -0.05) is 52.0 Å². The number of hydrogen-bond acceptors (Lipinski definition) is 2. The molecule has 1 aliphatic heterocycles. The molecule has 128 valence electrons. The van der Waals surface area contributed by atoms with Gasteiger partial charge in [0.1, 0.15) is 0 Å². The summed E-state index contributed by atoms with van der Waals surface area (Å²) in [4.78, 5) is 0. The van der Waals surface area contributed by atoms with Gasteiger partial charge in [-0.15, -0.1) is 6.58 Å². The zero-order valence-corrected chi connectivity index (χ0v) is 16.5. The van der Waals surface area contributed by atoms with Crippen LogP contribution < -0.4 is 0 Å². The van der Waals surface area contributed by atoms with Gasteiger partial charge in [0, 0.05) is 5.92 Å². The Kier molecular flexibility index (Phi) is 5.95. The van der Waals surface area contributed by atoms with Crippen molar-refractivity contribution in [1.29, 1.82) is 0 Å². The average Bonchev–Trinajstić information content (AvgIpc) is 2.84. The molecular formula is C19H36O2Si. The fourth-order valence-electron chi connectivity index (χ4n) is 4.04. The van der Waals surface area contributed by atoms with Crippen LogP contribution in [0.5, 0.6) is 0 Å². The Hall–Kier alpha value is -0.123. The van der Waals surface area contributed by atoms with E-state index in [-0.39, 0.29) is 6.29 Å². The fourth-order valence-corrected chi connectivity index (χ4v) is 5.43. The van der Waals surface area contributed by atoms with Gasteiger partial charge in [-0.2, -0.15) is 0 Å². The van der Waals surface area contributed by atoms with Crippen LogP contribution in [-0.2, 0) is 9.47 Å². The molecule has 0 amide bonds. The third kappa shape index (κ3) is 4.24. The highest BCUT2D eigenvalue weighted by Crippen LogP contribution is 2.39. The van der Waals surface area contributed by atoms with E-state index in [1.807, 2.05) is 0 Å². The van der Waals surface area contributed by atoms with E-state index in [9.17, 15) is 0 Å². The quantitative estimate of drug-likeness (QED) is 0.642. The standard InChI is InChI=1S/C19H36O2Si/c1-13(2)16-9-8-14(3)12-18(16)21-19-17(10-11-20-19)15(4)22(5,6)7/h13-14,16-19H,4,8-12H2,1-3,5-7H3/t14-,16-,17-,18+,19-/m1/s1. The van der Waals surface area contributed by atoms with Crippen molar-refractivity contribution in [3.63, 3.8) is 0 Å². The van der Waals surface area contributed by atoms with E-state index in [4.69, 9.17) is 9.47 Å². The lowest BCUT2D eigenvalue weighted by Gasteiger charge is -2.39. The lowest BCUT2D eigenvalue weighted by atomic mass is 9.75. The van der Waals surface area contributed by atoms with E-state index in [1.54, 1.807) is 0 Å². The smallest absolute Gasteiger partial charge is 0.164 e. The van der Waals surface area contributed by atoms with Crippen LogP contribution in [0.2, 0.25) is 19.6 Å². The van der Waals surface area contributed by atoms with E-state index in [1.165, 1.54) is 24.5 Å². The maximum atomic E-state index is 6.56. The van der Waals surface area contributed by atoms with Crippen molar-refractivity contribution in [3.8, 4) is 0 Å². The molecule has 0 spiro atoms. The lowest BCUT2D eigenvalue weighted by molar-refractivity contribution is -0.184. The Bertz CT molecular complexity index is 385. The first kappa shape index (κ1) is 18.2. The van der Waals surface area contributed by atoms with E-state index < -0.39 is 8.07 Å². The molecule has 0 N–H and O–H groups in total. The highest BCUT2D eigenvalue weighted by molar-refractivity contribution is 6.83. The summed E-state index contributed by atoms with van der Waals surface area (Å²) in [6, 6.07) is 0. The summed E-state index contributed by atoms with van der Waals surface area (Å²) < 4.78 is 12.6. The number of hydrogen-bond donors (Lipinski definition) is 0. The van der Waals surface area contributed by atoms with Gasteiger partial charge in [-0.3, -0.25) is 0 Å². The monoisotopic (exact) mass is 324 g/mol. The molecular weight excluding hydrogens is 288 g/mol. The Morgan fingerprint density at radius 2 is 1.86 bits per heavy atom. The summed E-state index contributed by atoms with van der Waals surface area (Å²) in [5.41, 5.74) is 0. The minimum Gasteiger partial charge on any atom is -0.352 e. The topological polar surface area (TPSA) is 18.5 Å². The van der Waals surface area contributed by atoms with Gasteiger partial charge in [0.2, 0.25) is 0 Å². The van der Waals surface area contributed by atoms with Crippen molar-refractivity contribution in [2.24, 2.45) is 23.7 Å². The van der Waals surface area contributed by atoms with Crippen LogP contribution in [0.3, 0.4) is 0 Å². The van der Waals surface area contributed by atoms with Gasteiger partial charge in [-0.05, 0) is 37.0 Å². The molecule has 0 radical (unpaired) electrons. The molecule has 5 atom stereocenters. The first-order valence-electron chi connectivity index (χ1n) is 9.16. The molecule has 0 aromatic heterocycles. The predicted octanol–water partition coefficient (Wildman–Crippen LogP) is 5.26. The number of ether oxygens (including phenoxy) is 2. The maximum absolute atomic E-state index is 6.56. The van der Waals surface area contributed by atoms with Gasteiger partial charge in [-0.25, -0.2) is 0 Å². The Morgan fingerprint density at radius 1 is 1.18 bits per heavy atom. The third-order valence-corrected chi connectivity index (χ3v) is 8.02. The highest BCUT2D eigenvalue weighted by atomic mass is 28.3. The molecule has 2 rings (SSSR count). The highest BCUT2D eigenvalue weighted by Gasteiger charge is 2.40. The first-order chi connectivity index (χ1) is 10.2. The van der Waals surface area contributed by atoms with Crippen LogP contribution in [-0.4, -0.2) is 27.1 Å². The molecule has 2 fully saturated rings. The molecule has 22 heavy (non-hydrogen) atoms. The predicted molar refractivity (Wildman–Crippen MR) is 96.5 cm³/mol. The van der Waals surface area contributed by atoms with Crippen molar-refractivity contribution < 1.29 is 9.47 Å². The molecule has 1 heterocycles. The summed E-state index contributed by atoms with van der Waals surface area (Å²) in [5, 5.41) is 1.42. The largest absolute Gasteiger partial charge is 0.352 e. The molecule has 0 bridgehead atoms. The van der Waals surface area contributed by atoms with Crippen LogP contribution >= 0.6 is 0 Å². The van der Waals surface area contributed by atoms with Crippen LogP contribution in [0.15, 0.2) is 11.8 Å². The van der Waals surface area contributed by atoms with Gasteiger partial charge >= 0.3 is 0 Å². The first-order valence-corrected chi connectivity index (χ1v) is 12.7. The average molecular weight is 325 g/mol. The SMILES string of the molecule is C=C([C@H]1CCO[C@@H]1O[C@H]1C[C@H](C)CC[C@@H]1C(C)C)[Si](C)(C)C. The normalized spacial score (nSPS) is 36.8. The number of rotatable bonds is 5. The minimum atomic E-state index is -1.34. The van der Waals surface area contributed by atoms with E-state index in [2.05, 4.69) is 47.0 Å². The van der Waals surface area contributed by atoms with Gasteiger partial charge in [0.25, 0.3) is 0 Å². The zero-order valence-electron chi connectivity index (χ0n) is 15.5. The molecule has 3 heteroatoms. The summed E-state index contributed by atoms with van der Waals surface area (Å²) in [6.07, 6.45) is 5.24. The second-order valence-corrected chi connectivity index (χ2v) is 14.1. The second kappa shape index (κ2) is 7.19. The molecule has 2 nitrogen and oxygen atoms in total. The molecule has 1 saturated heterocycles. The van der Waals surface area contributed by atoms with Crippen LogP contribution in [0, 0.1) is 23.7 Å². The second-order valence-electron chi connectivity index (χ2n) is 8.91. The Labute approximate surface area is 138 Å². The minimum absolute atomic E-state index is 0.0456. The molecule has 2 aliphatic rings. The van der Waals surface area contributed by atoms with Gasteiger partial charge in [0.15, 0.2) is 6.29 Å². The van der Waals surface area contributed by atoms with E-state index >= 15 is 0 Å². The molecule has 0 unspecified atom stereocenters. The van der Waals surface area contributed by atoms with Gasteiger partial charge in [0.05, 0.1) is 20.8 Å². The van der Waals surface area contributed by atoms with Crippen LogP contribution in [0.1, 0.15) is 46.5 Å². The van der Waals surface area contributed by atoms with Gasteiger partial charge < -0.3 is 9.47 Å². The molecule has 0 aromatic rings. The van der Waals surface area contributed by atoms with Crippen LogP contribution in [0.25, 0.3) is 0 Å². The summed E-state index contributed by atoms with van der Waals surface area (Å²) in [7, 11) is -1.34. The third-order valence-electron chi connectivity index (χ3n) is 5.72. The lowest BCUT2D eigenvalue weighted by Crippen LogP contribution is -2.40. The summed E-state index contributed by atoms with van der Waals surface area (Å²) in [6.45, 7) is 19.4. The Balaban J connectivity index is 2.05. The van der Waals surface area contributed by atoms with E-state index in [0.717, 1.165) is 18.9 Å².